The van der Waals surface area contributed by atoms with Crippen LogP contribution in [0.2, 0.25) is 0 Å². The van der Waals surface area contributed by atoms with E-state index in [1.165, 1.54) is 47.4 Å². The number of amides is 2. The Bertz CT molecular complexity index is 1370. The van der Waals surface area contributed by atoms with Gasteiger partial charge in [-0.2, -0.15) is 0 Å². The van der Waals surface area contributed by atoms with Gasteiger partial charge in [-0.1, -0.05) is 68.4 Å². The van der Waals surface area contributed by atoms with Crippen molar-refractivity contribution in [3.63, 3.8) is 0 Å². The summed E-state index contributed by atoms with van der Waals surface area (Å²) in [4.78, 5) is 28.6. The summed E-state index contributed by atoms with van der Waals surface area (Å²) >= 11 is 0. The molecule has 0 aliphatic heterocycles. The first-order chi connectivity index (χ1) is 18.5. The highest BCUT2D eigenvalue weighted by Crippen LogP contribution is 2.23. The Morgan fingerprint density at radius 2 is 1.49 bits per heavy atom. The van der Waals surface area contributed by atoms with E-state index in [-0.39, 0.29) is 24.6 Å². The topological polar surface area (TPSA) is 86.8 Å². The lowest BCUT2D eigenvalue weighted by Crippen LogP contribution is -2.53. The molecule has 39 heavy (non-hydrogen) atoms. The molecule has 208 valence electrons. The van der Waals surface area contributed by atoms with Crippen molar-refractivity contribution < 1.29 is 26.8 Å². The number of para-hydroxylation sites is 1. The number of halogens is 2. The highest BCUT2D eigenvalue weighted by Gasteiger charge is 2.33. The van der Waals surface area contributed by atoms with E-state index in [2.05, 4.69) is 5.32 Å². The first kappa shape index (κ1) is 29.8. The molecular weight excluding hydrogens is 524 g/mol. The largest absolute Gasteiger partial charge is 0.354 e. The third kappa shape index (κ3) is 8.61. The van der Waals surface area contributed by atoms with Crippen molar-refractivity contribution in [3.8, 4) is 0 Å². The van der Waals surface area contributed by atoms with Gasteiger partial charge in [0.2, 0.25) is 21.8 Å². The van der Waals surface area contributed by atoms with Crippen LogP contribution in [-0.4, -0.2) is 50.5 Å². The zero-order valence-corrected chi connectivity index (χ0v) is 23.0. The van der Waals surface area contributed by atoms with Crippen LogP contribution >= 0.6 is 0 Å². The van der Waals surface area contributed by atoms with Gasteiger partial charge in [0.1, 0.15) is 24.2 Å². The van der Waals surface area contributed by atoms with Gasteiger partial charge in [-0.25, -0.2) is 17.2 Å². The van der Waals surface area contributed by atoms with Gasteiger partial charge < -0.3 is 10.2 Å². The smallest absolute Gasteiger partial charge is 0.244 e. The Morgan fingerprint density at radius 1 is 0.872 bits per heavy atom. The molecule has 0 saturated carbocycles. The van der Waals surface area contributed by atoms with Crippen LogP contribution in [-0.2, 0) is 32.6 Å². The van der Waals surface area contributed by atoms with Crippen molar-refractivity contribution in [2.45, 2.75) is 32.9 Å². The van der Waals surface area contributed by atoms with Crippen molar-refractivity contribution in [3.05, 3.63) is 102 Å². The van der Waals surface area contributed by atoms with Crippen molar-refractivity contribution >= 4 is 27.5 Å². The number of carbonyl (C=O) groups excluding carboxylic acids is 2. The Hall–Kier alpha value is -3.79. The molecule has 1 atom stereocenters. The number of carbonyl (C=O) groups is 2. The van der Waals surface area contributed by atoms with Gasteiger partial charge in [-0.15, -0.1) is 0 Å². The maximum atomic E-state index is 14.6. The lowest BCUT2D eigenvalue weighted by atomic mass is 10.0. The van der Waals surface area contributed by atoms with Crippen LogP contribution in [0.4, 0.5) is 14.5 Å². The zero-order valence-electron chi connectivity index (χ0n) is 22.2. The second-order valence-corrected chi connectivity index (χ2v) is 11.6. The monoisotopic (exact) mass is 557 g/mol. The summed E-state index contributed by atoms with van der Waals surface area (Å²) in [6.45, 7) is 3.41. The summed E-state index contributed by atoms with van der Waals surface area (Å²) in [6.07, 6.45) is 1.03. The van der Waals surface area contributed by atoms with Gasteiger partial charge in [-0.3, -0.25) is 13.9 Å². The van der Waals surface area contributed by atoms with Crippen LogP contribution in [0.1, 0.15) is 25.0 Å². The van der Waals surface area contributed by atoms with Crippen LogP contribution in [0, 0.1) is 17.6 Å². The first-order valence-electron chi connectivity index (χ1n) is 12.5. The number of hydrogen-bond acceptors (Lipinski definition) is 4. The summed E-state index contributed by atoms with van der Waals surface area (Å²) < 4.78 is 54.3. The van der Waals surface area contributed by atoms with E-state index < -0.39 is 46.1 Å². The fourth-order valence-corrected chi connectivity index (χ4v) is 4.86. The molecule has 10 heteroatoms. The Kier molecular flexibility index (Phi) is 10.2. The fraction of sp³-hybridized carbons (Fsp3) is 0.310. The van der Waals surface area contributed by atoms with Gasteiger partial charge in [-0.05, 0) is 41.3 Å². The lowest BCUT2D eigenvalue weighted by Gasteiger charge is -2.33. The number of hydrogen-bond donors (Lipinski definition) is 1. The van der Waals surface area contributed by atoms with Crippen LogP contribution in [0.15, 0.2) is 78.9 Å². The number of benzene rings is 3. The molecule has 0 bridgehead atoms. The number of nitrogens with one attached hydrogen (secondary N) is 1. The third-order valence-corrected chi connectivity index (χ3v) is 7.15. The van der Waals surface area contributed by atoms with Crippen LogP contribution in [0.25, 0.3) is 0 Å². The Balaban J connectivity index is 2.05. The summed E-state index contributed by atoms with van der Waals surface area (Å²) in [6, 6.07) is 18.8. The van der Waals surface area contributed by atoms with Crippen LogP contribution in [0.5, 0.6) is 0 Å². The zero-order chi connectivity index (χ0) is 28.6. The molecule has 0 aromatic heterocycles. The molecule has 1 N–H and O–H groups in total. The molecule has 0 unspecified atom stereocenters. The molecule has 7 nitrogen and oxygen atoms in total. The van der Waals surface area contributed by atoms with Crippen molar-refractivity contribution in [1.82, 2.24) is 10.2 Å². The molecule has 0 fully saturated rings. The molecule has 3 rings (SSSR count). The molecule has 2 amide bonds. The predicted octanol–water partition coefficient (Wildman–Crippen LogP) is 4.14. The van der Waals surface area contributed by atoms with E-state index in [9.17, 15) is 26.8 Å². The summed E-state index contributed by atoms with van der Waals surface area (Å²) in [5, 5.41) is 2.87. The number of sulfonamides is 1. The molecule has 0 saturated heterocycles. The van der Waals surface area contributed by atoms with Gasteiger partial charge in [0.15, 0.2) is 0 Å². The Morgan fingerprint density at radius 3 is 2.08 bits per heavy atom. The van der Waals surface area contributed by atoms with E-state index >= 15 is 0 Å². The second kappa shape index (κ2) is 13.3. The average molecular weight is 558 g/mol. The third-order valence-electron chi connectivity index (χ3n) is 6.02. The second-order valence-electron chi connectivity index (χ2n) is 9.71. The normalized spacial score (nSPS) is 12.2. The molecule has 0 heterocycles. The molecular formula is C29H33F2N3O4S. The molecule has 3 aromatic rings. The molecule has 3 aromatic carbocycles. The van der Waals surface area contributed by atoms with Gasteiger partial charge in [0.05, 0.1) is 11.9 Å². The summed E-state index contributed by atoms with van der Waals surface area (Å²) in [5.74, 6) is -2.26. The van der Waals surface area contributed by atoms with E-state index in [1.807, 2.05) is 44.2 Å². The van der Waals surface area contributed by atoms with Crippen molar-refractivity contribution in [2.75, 3.05) is 23.7 Å². The quantitative estimate of drug-likeness (QED) is 0.363. The standard InChI is InChI=1S/C29H33F2N3O4S/c1-21(2)18-32-29(36)27(17-22-9-5-4-6-10-22)33(19-23-13-15-24(30)16-14-23)28(35)20-34(39(3,37)38)26-12-8-7-11-25(26)31/h4-16,21,27H,17-20H2,1-3H3,(H,32,36)/t27-/m0/s1. The highest BCUT2D eigenvalue weighted by atomic mass is 32.2. The van der Waals surface area contributed by atoms with E-state index in [0.717, 1.165) is 17.9 Å². The van der Waals surface area contributed by atoms with E-state index in [0.29, 0.717) is 16.4 Å². The van der Waals surface area contributed by atoms with E-state index in [1.54, 1.807) is 0 Å². The fourth-order valence-electron chi connectivity index (χ4n) is 4.01. The Labute approximate surface area is 228 Å². The predicted molar refractivity (Wildman–Crippen MR) is 147 cm³/mol. The van der Waals surface area contributed by atoms with Gasteiger partial charge >= 0.3 is 0 Å². The van der Waals surface area contributed by atoms with Crippen molar-refractivity contribution in [1.29, 1.82) is 0 Å². The van der Waals surface area contributed by atoms with Gasteiger partial charge in [0.25, 0.3) is 0 Å². The first-order valence-corrected chi connectivity index (χ1v) is 14.4. The minimum atomic E-state index is -4.08. The average Bonchev–Trinajstić information content (AvgIpc) is 2.89. The van der Waals surface area contributed by atoms with E-state index in [4.69, 9.17) is 0 Å². The summed E-state index contributed by atoms with van der Waals surface area (Å²) in [5.41, 5.74) is 1.04. The van der Waals surface area contributed by atoms with Crippen molar-refractivity contribution in [2.24, 2.45) is 5.92 Å². The van der Waals surface area contributed by atoms with Gasteiger partial charge in [0, 0.05) is 19.5 Å². The highest BCUT2D eigenvalue weighted by molar-refractivity contribution is 7.92. The maximum absolute atomic E-state index is 14.6. The number of anilines is 1. The molecule has 0 spiro atoms. The molecule has 0 radical (unpaired) electrons. The molecule has 0 aliphatic carbocycles. The van der Waals surface area contributed by atoms with Crippen LogP contribution in [0.3, 0.4) is 0 Å². The van der Waals surface area contributed by atoms with Crippen LogP contribution < -0.4 is 9.62 Å². The SMILES string of the molecule is CC(C)CNC(=O)[C@H](Cc1ccccc1)N(Cc1ccc(F)cc1)C(=O)CN(c1ccccc1F)S(C)(=O)=O. The molecule has 0 aliphatic rings. The lowest BCUT2D eigenvalue weighted by molar-refractivity contribution is -0.140. The maximum Gasteiger partial charge on any atom is 0.244 e. The minimum absolute atomic E-state index is 0.0966. The number of nitrogens with zero attached hydrogens (tertiary/aromatic N) is 2. The minimum Gasteiger partial charge on any atom is -0.354 e. The summed E-state index contributed by atoms with van der Waals surface area (Å²) in [7, 11) is -4.08. The number of rotatable bonds is 12.